The second kappa shape index (κ2) is 5.47. The highest BCUT2D eigenvalue weighted by Gasteiger charge is 2.49. The molecule has 0 aromatic carbocycles. The fraction of sp³-hybridized carbons (Fsp3) is 0.615. The van der Waals surface area contributed by atoms with Gasteiger partial charge in [-0.05, 0) is 51.3 Å². The molecule has 1 aromatic heterocycles. The minimum atomic E-state index is 0.143. The Morgan fingerprint density at radius 2 is 2.22 bits per heavy atom. The minimum Gasteiger partial charge on any atom is -0.378 e. The summed E-state index contributed by atoms with van der Waals surface area (Å²) in [5, 5.41) is 3.49. The van der Waals surface area contributed by atoms with Gasteiger partial charge in [-0.1, -0.05) is 13.8 Å². The molecule has 3 nitrogen and oxygen atoms in total. The van der Waals surface area contributed by atoms with Crippen LogP contribution in [0, 0.1) is 5.41 Å². The molecule has 1 aliphatic rings. The molecule has 0 saturated heterocycles. The first kappa shape index (κ1) is 14.3. The summed E-state index contributed by atoms with van der Waals surface area (Å²) in [6, 6.07) is 2.40. The molecule has 1 N–H and O–H groups in total. The van der Waals surface area contributed by atoms with Gasteiger partial charge < -0.3 is 10.1 Å². The van der Waals surface area contributed by atoms with Crippen molar-refractivity contribution in [2.24, 2.45) is 5.41 Å². The summed E-state index contributed by atoms with van der Waals surface area (Å²) >= 11 is 6.93. The molecule has 1 heterocycles. The normalized spacial score (nSPS) is 25.6. The first-order valence-electron chi connectivity index (χ1n) is 6.14. The number of nitrogens with zero attached hydrogens (tertiary/aromatic N) is 1. The van der Waals surface area contributed by atoms with Crippen LogP contribution in [0.3, 0.4) is 0 Å². The molecule has 2 unspecified atom stereocenters. The predicted octanol–water partition coefficient (Wildman–Crippen LogP) is 4.22. The zero-order valence-electron chi connectivity index (χ0n) is 10.8. The number of nitrogens with one attached hydrogen (secondary N) is 1. The average Bonchev–Trinajstić information content (AvgIpc) is 2.30. The van der Waals surface area contributed by atoms with Gasteiger partial charge in [-0.3, -0.25) is 0 Å². The number of pyridine rings is 1. The van der Waals surface area contributed by atoms with Crippen LogP contribution in [-0.2, 0) is 4.74 Å². The Kier molecular flexibility index (Phi) is 4.34. The zero-order chi connectivity index (χ0) is 13.3. The molecule has 18 heavy (non-hydrogen) atoms. The van der Waals surface area contributed by atoms with Crippen molar-refractivity contribution in [3.8, 4) is 0 Å². The van der Waals surface area contributed by atoms with E-state index in [1.54, 1.807) is 6.20 Å². The third-order valence-corrected chi connectivity index (χ3v) is 4.70. The van der Waals surface area contributed by atoms with Gasteiger partial charge in [-0.15, -0.1) is 0 Å². The molecule has 0 amide bonds. The summed E-state index contributed by atoms with van der Waals surface area (Å²) in [5.41, 5.74) is 0.143. The lowest BCUT2D eigenvalue weighted by atomic mass is 9.64. The topological polar surface area (TPSA) is 34.1 Å². The van der Waals surface area contributed by atoms with Crippen LogP contribution in [0.1, 0.15) is 27.2 Å². The Labute approximate surface area is 125 Å². The number of aromatic nitrogens is 1. The number of ether oxygens (including phenoxy) is 1. The monoisotopic (exact) mass is 376 g/mol. The maximum atomic E-state index is 5.73. The van der Waals surface area contributed by atoms with Gasteiger partial charge >= 0.3 is 0 Å². The Morgan fingerprint density at radius 3 is 2.78 bits per heavy atom. The number of halogens is 2. The Morgan fingerprint density at radius 1 is 1.50 bits per heavy atom. The molecule has 1 saturated carbocycles. The van der Waals surface area contributed by atoms with Gasteiger partial charge in [-0.25, -0.2) is 4.98 Å². The van der Waals surface area contributed by atoms with Gasteiger partial charge in [0, 0.05) is 28.7 Å². The van der Waals surface area contributed by atoms with Crippen molar-refractivity contribution in [3.63, 3.8) is 0 Å². The first-order valence-corrected chi connectivity index (χ1v) is 7.73. The van der Waals surface area contributed by atoms with E-state index in [0.717, 1.165) is 27.8 Å². The molecule has 1 fully saturated rings. The fourth-order valence-corrected chi connectivity index (χ4v) is 3.40. The van der Waals surface area contributed by atoms with E-state index in [4.69, 9.17) is 4.74 Å². The summed E-state index contributed by atoms with van der Waals surface area (Å²) in [5.74, 6) is 0.895. The van der Waals surface area contributed by atoms with E-state index in [9.17, 15) is 0 Å². The molecule has 0 spiro atoms. The maximum Gasteiger partial charge on any atom is 0.140 e. The highest BCUT2D eigenvalue weighted by atomic mass is 79.9. The number of rotatable bonds is 4. The largest absolute Gasteiger partial charge is 0.378 e. The molecule has 5 heteroatoms. The quantitative estimate of drug-likeness (QED) is 0.852. The molecule has 2 rings (SSSR count). The molecule has 0 bridgehead atoms. The summed E-state index contributed by atoms with van der Waals surface area (Å²) in [4.78, 5) is 4.39. The van der Waals surface area contributed by atoms with Crippen molar-refractivity contribution in [2.75, 3.05) is 11.9 Å². The summed E-state index contributed by atoms with van der Waals surface area (Å²) in [6.45, 7) is 7.30. The molecule has 1 aliphatic carbocycles. The van der Waals surface area contributed by atoms with E-state index < -0.39 is 0 Å². The van der Waals surface area contributed by atoms with Crippen LogP contribution in [0.25, 0.3) is 0 Å². The second-order valence-electron chi connectivity index (χ2n) is 5.18. The van der Waals surface area contributed by atoms with Crippen molar-refractivity contribution < 1.29 is 4.74 Å². The molecule has 100 valence electrons. The molecule has 0 radical (unpaired) electrons. The van der Waals surface area contributed by atoms with Crippen molar-refractivity contribution in [1.82, 2.24) is 4.98 Å². The lowest BCUT2D eigenvalue weighted by molar-refractivity contribution is -0.0976. The van der Waals surface area contributed by atoms with Gasteiger partial charge in [0.1, 0.15) is 5.82 Å². The first-order chi connectivity index (χ1) is 8.45. The standard InChI is InChI=1S/C13H18Br2N2O/c1-4-18-11-6-10(13(11,2)3)17-12-9(15)5-8(14)7-16-12/h5,7,10-11H,4,6H2,1-3H3,(H,16,17). The predicted molar refractivity (Wildman–Crippen MR) is 80.9 cm³/mol. The summed E-state index contributed by atoms with van der Waals surface area (Å²) < 4.78 is 7.68. The second-order valence-corrected chi connectivity index (χ2v) is 6.95. The molecule has 0 aliphatic heterocycles. The van der Waals surface area contributed by atoms with E-state index in [-0.39, 0.29) is 5.41 Å². The zero-order valence-corrected chi connectivity index (χ0v) is 14.0. The fourth-order valence-electron chi connectivity index (χ4n) is 2.30. The van der Waals surface area contributed by atoms with Crippen LogP contribution in [0.5, 0.6) is 0 Å². The van der Waals surface area contributed by atoms with Crippen LogP contribution < -0.4 is 5.32 Å². The van der Waals surface area contributed by atoms with Crippen molar-refractivity contribution >= 4 is 37.7 Å². The number of hydrogen-bond acceptors (Lipinski definition) is 3. The van der Waals surface area contributed by atoms with Crippen LogP contribution in [-0.4, -0.2) is 23.7 Å². The molecule has 1 aromatic rings. The summed E-state index contributed by atoms with van der Waals surface area (Å²) in [6.07, 6.45) is 3.18. The number of hydrogen-bond donors (Lipinski definition) is 1. The van der Waals surface area contributed by atoms with Gasteiger partial charge in [0.15, 0.2) is 0 Å². The van der Waals surface area contributed by atoms with Crippen molar-refractivity contribution in [1.29, 1.82) is 0 Å². The third kappa shape index (κ3) is 2.73. The van der Waals surface area contributed by atoms with Gasteiger partial charge in [0.2, 0.25) is 0 Å². The highest BCUT2D eigenvalue weighted by molar-refractivity contribution is 9.11. The lowest BCUT2D eigenvalue weighted by Gasteiger charge is -2.51. The van der Waals surface area contributed by atoms with Gasteiger partial charge in [-0.2, -0.15) is 0 Å². The Balaban J connectivity index is 2.03. The highest BCUT2D eigenvalue weighted by Crippen LogP contribution is 2.44. The van der Waals surface area contributed by atoms with Crippen LogP contribution >= 0.6 is 31.9 Å². The van der Waals surface area contributed by atoms with E-state index >= 15 is 0 Å². The smallest absolute Gasteiger partial charge is 0.140 e. The maximum absolute atomic E-state index is 5.73. The van der Waals surface area contributed by atoms with Crippen molar-refractivity contribution in [3.05, 3.63) is 21.2 Å². The van der Waals surface area contributed by atoms with Gasteiger partial charge in [0.25, 0.3) is 0 Å². The Bertz CT molecular complexity index is 437. The van der Waals surface area contributed by atoms with Crippen LogP contribution in [0.2, 0.25) is 0 Å². The van der Waals surface area contributed by atoms with E-state index in [1.807, 2.05) is 13.0 Å². The average molecular weight is 378 g/mol. The molecule has 2 atom stereocenters. The molecular formula is C13H18Br2N2O. The van der Waals surface area contributed by atoms with E-state index in [1.165, 1.54) is 0 Å². The number of anilines is 1. The van der Waals surface area contributed by atoms with Crippen LogP contribution in [0.4, 0.5) is 5.82 Å². The van der Waals surface area contributed by atoms with Crippen LogP contribution in [0.15, 0.2) is 21.2 Å². The third-order valence-electron chi connectivity index (χ3n) is 3.66. The minimum absolute atomic E-state index is 0.143. The lowest BCUT2D eigenvalue weighted by Crippen LogP contribution is -2.58. The van der Waals surface area contributed by atoms with E-state index in [0.29, 0.717) is 12.1 Å². The molecular weight excluding hydrogens is 360 g/mol. The summed E-state index contributed by atoms with van der Waals surface area (Å²) in [7, 11) is 0. The van der Waals surface area contributed by atoms with Gasteiger partial charge in [0.05, 0.1) is 10.6 Å². The SMILES string of the molecule is CCOC1CC(Nc2ncc(Br)cc2Br)C1(C)C. The Hall–Kier alpha value is -0.130. The van der Waals surface area contributed by atoms with E-state index in [2.05, 4.69) is 56.0 Å². The van der Waals surface area contributed by atoms with Crippen molar-refractivity contribution in [2.45, 2.75) is 39.3 Å².